The Kier molecular flexibility index (Phi) is 3.26. The van der Waals surface area contributed by atoms with E-state index in [1.165, 1.54) is 0 Å². The Bertz CT molecular complexity index is 839. The van der Waals surface area contributed by atoms with Gasteiger partial charge < -0.3 is 10.0 Å². The third-order valence-corrected chi connectivity index (χ3v) is 4.45. The number of nitrogens with zero attached hydrogens (tertiary/aromatic N) is 7. The van der Waals surface area contributed by atoms with Crippen LogP contribution < -0.4 is 4.90 Å². The Hall–Kier alpha value is -2.48. The summed E-state index contributed by atoms with van der Waals surface area (Å²) in [6.45, 7) is 3.58. The lowest BCUT2D eigenvalue weighted by Crippen LogP contribution is -2.22. The number of hydrogen-bond donors (Lipinski definition) is 1. The third-order valence-electron chi connectivity index (χ3n) is 4.45. The number of rotatable bonds is 3. The largest absolute Gasteiger partial charge is 0.396 e. The molecule has 4 heterocycles. The third kappa shape index (κ3) is 2.44. The summed E-state index contributed by atoms with van der Waals surface area (Å²) >= 11 is 0. The quantitative estimate of drug-likeness (QED) is 0.752. The van der Waals surface area contributed by atoms with Crippen LogP contribution in [0.1, 0.15) is 17.3 Å². The van der Waals surface area contributed by atoms with Gasteiger partial charge in [0.2, 0.25) is 0 Å². The number of hydrogen-bond acceptors (Lipinski definition) is 6. The van der Waals surface area contributed by atoms with Gasteiger partial charge in [0.25, 0.3) is 0 Å². The number of aliphatic hydroxyl groups excluding tert-OH is 1. The van der Waals surface area contributed by atoms with Gasteiger partial charge in [-0.3, -0.25) is 4.68 Å². The van der Waals surface area contributed by atoms with Crippen LogP contribution in [0.25, 0.3) is 5.65 Å². The predicted molar refractivity (Wildman–Crippen MR) is 84.3 cm³/mol. The summed E-state index contributed by atoms with van der Waals surface area (Å²) in [5, 5.41) is 22.8. The fourth-order valence-corrected chi connectivity index (χ4v) is 3.30. The van der Waals surface area contributed by atoms with E-state index in [9.17, 15) is 5.11 Å². The van der Waals surface area contributed by atoms with Gasteiger partial charge in [0.1, 0.15) is 5.82 Å². The summed E-state index contributed by atoms with van der Waals surface area (Å²) in [4.78, 5) is 6.49. The van der Waals surface area contributed by atoms with Gasteiger partial charge in [-0.15, -0.1) is 14.8 Å². The molecule has 120 valence electrons. The van der Waals surface area contributed by atoms with E-state index >= 15 is 0 Å². The van der Waals surface area contributed by atoms with Gasteiger partial charge in [-0.1, -0.05) is 0 Å². The molecular formula is C15H19N7O. The Morgan fingerprint density at radius 2 is 2.13 bits per heavy atom. The molecular weight excluding hydrogens is 294 g/mol. The maximum absolute atomic E-state index is 9.74. The van der Waals surface area contributed by atoms with Crippen LogP contribution in [0.5, 0.6) is 0 Å². The van der Waals surface area contributed by atoms with Crippen LogP contribution in [0.2, 0.25) is 0 Å². The molecule has 0 bridgehead atoms. The smallest absolute Gasteiger partial charge is 0.176 e. The minimum absolute atomic E-state index is 0.154. The SMILES string of the molecule is Cc1nc2ccc(N3C[C@@H](CO)[C@H](c4cnn(C)c4)C3)nn2n1. The predicted octanol–water partition coefficient (Wildman–Crippen LogP) is 0.379. The first kappa shape index (κ1) is 14.1. The first-order valence-electron chi connectivity index (χ1n) is 7.69. The lowest BCUT2D eigenvalue weighted by Gasteiger charge is -2.16. The van der Waals surface area contributed by atoms with Crippen molar-refractivity contribution in [1.29, 1.82) is 0 Å². The first-order chi connectivity index (χ1) is 11.1. The van der Waals surface area contributed by atoms with Crippen molar-refractivity contribution in [2.24, 2.45) is 13.0 Å². The van der Waals surface area contributed by atoms with Crippen LogP contribution in [0.3, 0.4) is 0 Å². The van der Waals surface area contributed by atoms with E-state index in [2.05, 4.69) is 25.2 Å². The minimum atomic E-state index is 0.154. The molecule has 1 aliphatic rings. The molecule has 3 aromatic heterocycles. The second-order valence-corrected chi connectivity index (χ2v) is 6.10. The maximum atomic E-state index is 9.74. The van der Waals surface area contributed by atoms with Crippen LogP contribution in [0.15, 0.2) is 24.5 Å². The molecule has 0 saturated carbocycles. The highest BCUT2D eigenvalue weighted by Crippen LogP contribution is 2.34. The average molecular weight is 313 g/mol. The molecule has 0 aromatic carbocycles. The molecule has 3 aromatic rings. The normalized spacial score (nSPS) is 21.4. The molecule has 23 heavy (non-hydrogen) atoms. The van der Waals surface area contributed by atoms with Crippen LogP contribution in [0.4, 0.5) is 5.82 Å². The van der Waals surface area contributed by atoms with Crippen molar-refractivity contribution in [3.8, 4) is 0 Å². The Balaban J connectivity index is 1.63. The molecule has 0 spiro atoms. The summed E-state index contributed by atoms with van der Waals surface area (Å²) in [5.74, 6) is 1.99. The lowest BCUT2D eigenvalue weighted by atomic mass is 9.92. The van der Waals surface area contributed by atoms with Gasteiger partial charge in [-0.05, 0) is 24.6 Å². The number of aryl methyl sites for hydroxylation is 2. The van der Waals surface area contributed by atoms with Crippen LogP contribution in [-0.2, 0) is 7.05 Å². The Morgan fingerprint density at radius 3 is 2.87 bits per heavy atom. The molecule has 4 rings (SSSR count). The van der Waals surface area contributed by atoms with Gasteiger partial charge in [-0.25, -0.2) is 4.98 Å². The average Bonchev–Trinajstić information content (AvgIpc) is 3.22. The fraction of sp³-hybridized carbons (Fsp3) is 0.467. The highest BCUT2D eigenvalue weighted by Gasteiger charge is 2.35. The van der Waals surface area contributed by atoms with Gasteiger partial charge in [-0.2, -0.15) is 5.10 Å². The molecule has 0 unspecified atom stereocenters. The van der Waals surface area contributed by atoms with Crippen molar-refractivity contribution in [2.75, 3.05) is 24.6 Å². The molecule has 8 heteroatoms. The van der Waals surface area contributed by atoms with E-state index in [0.29, 0.717) is 5.82 Å². The molecule has 0 aliphatic carbocycles. The van der Waals surface area contributed by atoms with E-state index < -0.39 is 0 Å². The topological polar surface area (TPSA) is 84.4 Å². The molecule has 0 amide bonds. The van der Waals surface area contributed by atoms with Crippen molar-refractivity contribution in [3.05, 3.63) is 35.9 Å². The maximum Gasteiger partial charge on any atom is 0.176 e. The van der Waals surface area contributed by atoms with Crippen molar-refractivity contribution < 1.29 is 5.11 Å². The fourth-order valence-electron chi connectivity index (χ4n) is 3.30. The van der Waals surface area contributed by atoms with E-state index in [-0.39, 0.29) is 18.4 Å². The number of anilines is 1. The summed E-state index contributed by atoms with van der Waals surface area (Å²) in [7, 11) is 1.91. The van der Waals surface area contributed by atoms with E-state index in [1.54, 1.807) is 9.31 Å². The monoisotopic (exact) mass is 313 g/mol. The number of aromatic nitrogens is 6. The zero-order valence-corrected chi connectivity index (χ0v) is 13.2. The molecule has 1 saturated heterocycles. The van der Waals surface area contributed by atoms with Crippen molar-refractivity contribution in [3.63, 3.8) is 0 Å². The van der Waals surface area contributed by atoms with Crippen LogP contribution in [0, 0.1) is 12.8 Å². The highest BCUT2D eigenvalue weighted by atomic mass is 16.3. The van der Waals surface area contributed by atoms with Crippen molar-refractivity contribution >= 4 is 11.5 Å². The van der Waals surface area contributed by atoms with Crippen molar-refractivity contribution in [2.45, 2.75) is 12.8 Å². The zero-order chi connectivity index (χ0) is 16.0. The van der Waals surface area contributed by atoms with E-state index in [0.717, 1.165) is 30.1 Å². The van der Waals surface area contributed by atoms with Gasteiger partial charge in [0.05, 0.1) is 6.20 Å². The Morgan fingerprint density at radius 1 is 1.26 bits per heavy atom. The summed E-state index contributed by atoms with van der Waals surface area (Å²) < 4.78 is 3.37. The zero-order valence-electron chi connectivity index (χ0n) is 13.2. The van der Waals surface area contributed by atoms with Crippen molar-refractivity contribution in [1.82, 2.24) is 29.6 Å². The number of aliphatic hydroxyl groups is 1. The molecule has 1 N–H and O–H groups in total. The van der Waals surface area contributed by atoms with Gasteiger partial charge >= 0.3 is 0 Å². The first-order valence-corrected chi connectivity index (χ1v) is 7.69. The molecule has 0 radical (unpaired) electrons. The minimum Gasteiger partial charge on any atom is -0.396 e. The van der Waals surface area contributed by atoms with Gasteiger partial charge in [0, 0.05) is 44.8 Å². The molecule has 1 fully saturated rings. The van der Waals surface area contributed by atoms with E-state index in [4.69, 9.17) is 0 Å². The van der Waals surface area contributed by atoms with Crippen LogP contribution in [-0.4, -0.2) is 54.4 Å². The summed E-state index contributed by atoms with van der Waals surface area (Å²) in [6.07, 6.45) is 3.91. The van der Waals surface area contributed by atoms with E-state index in [1.807, 2.05) is 38.5 Å². The molecule has 2 atom stereocenters. The van der Waals surface area contributed by atoms with Gasteiger partial charge in [0.15, 0.2) is 11.5 Å². The highest BCUT2D eigenvalue weighted by molar-refractivity contribution is 5.47. The Labute approximate surface area is 133 Å². The summed E-state index contributed by atoms with van der Waals surface area (Å²) in [6, 6.07) is 3.89. The second-order valence-electron chi connectivity index (χ2n) is 6.10. The second kappa shape index (κ2) is 5.31. The standard InChI is InChI=1S/C15H19N7O/c1-10-17-14-3-4-15(19-22(14)18-10)21-7-12(9-23)13(8-21)11-5-16-20(2)6-11/h3-6,12-13,23H,7-9H2,1-2H3/t12-,13-/m0/s1. The molecule has 8 nitrogen and oxygen atoms in total. The lowest BCUT2D eigenvalue weighted by molar-refractivity contribution is 0.227. The molecule has 1 aliphatic heterocycles. The van der Waals surface area contributed by atoms with Crippen LogP contribution >= 0.6 is 0 Å². The number of fused-ring (bicyclic) bond motifs is 1. The summed E-state index contributed by atoms with van der Waals surface area (Å²) in [5.41, 5.74) is 1.90.